The number of rotatable bonds is 1. The number of amides is 2. The fraction of sp³-hybridized carbons (Fsp3) is 0.857. The van der Waals surface area contributed by atoms with Crippen LogP contribution in [0.3, 0.4) is 0 Å². The summed E-state index contributed by atoms with van der Waals surface area (Å²) in [6, 6.07) is -0.141. The summed E-state index contributed by atoms with van der Waals surface area (Å²) in [5.74, 6) is 0.760. The molecule has 19 heavy (non-hydrogen) atoms. The molecule has 1 aliphatic rings. The van der Waals surface area contributed by atoms with Gasteiger partial charge in [-0.2, -0.15) is 0 Å². The van der Waals surface area contributed by atoms with Crippen LogP contribution in [0.4, 0.5) is 9.59 Å². The molecule has 5 nitrogen and oxygen atoms in total. The average molecular weight is 271 g/mol. The third-order valence-corrected chi connectivity index (χ3v) is 3.37. The van der Waals surface area contributed by atoms with Crippen LogP contribution in [-0.4, -0.2) is 35.8 Å². The van der Waals surface area contributed by atoms with E-state index in [0.29, 0.717) is 5.92 Å². The Kier molecular flexibility index (Phi) is 4.82. The average Bonchev–Trinajstić information content (AvgIpc) is 2.55. The molecule has 0 radical (unpaired) electrons. The summed E-state index contributed by atoms with van der Waals surface area (Å²) in [5.41, 5.74) is -0.628. The molecular formula is C14H25NO4. The van der Waals surface area contributed by atoms with Gasteiger partial charge in [-0.1, -0.05) is 13.8 Å². The van der Waals surface area contributed by atoms with Crippen LogP contribution >= 0.6 is 0 Å². The highest BCUT2D eigenvalue weighted by molar-refractivity contribution is 5.88. The first-order valence-corrected chi connectivity index (χ1v) is 6.76. The summed E-state index contributed by atoms with van der Waals surface area (Å²) in [5, 5.41) is 0. The molecule has 2 unspecified atom stereocenters. The van der Waals surface area contributed by atoms with Gasteiger partial charge in [0.15, 0.2) is 0 Å². The Morgan fingerprint density at radius 1 is 1.11 bits per heavy atom. The number of carbonyl (C=O) groups excluding carboxylic acids is 2. The number of nitrogens with zero attached hydrogens (tertiary/aromatic N) is 1. The molecule has 0 N–H and O–H groups in total. The van der Waals surface area contributed by atoms with Gasteiger partial charge in [-0.05, 0) is 45.4 Å². The number of ether oxygens (including phenoxy) is 2. The Hall–Kier alpha value is -1.26. The quantitative estimate of drug-likeness (QED) is 0.733. The fourth-order valence-electron chi connectivity index (χ4n) is 2.65. The molecule has 0 aromatic heterocycles. The minimum atomic E-state index is -0.639. The highest BCUT2D eigenvalue weighted by Gasteiger charge is 2.41. The zero-order chi connectivity index (χ0) is 14.8. The van der Waals surface area contributed by atoms with Crippen molar-refractivity contribution in [2.24, 2.45) is 11.8 Å². The van der Waals surface area contributed by atoms with E-state index in [1.165, 1.54) is 7.11 Å². The first-order valence-electron chi connectivity index (χ1n) is 6.76. The molecule has 1 fully saturated rings. The molecule has 0 aliphatic heterocycles. The van der Waals surface area contributed by atoms with Gasteiger partial charge < -0.3 is 9.47 Å². The van der Waals surface area contributed by atoms with E-state index >= 15 is 0 Å². The van der Waals surface area contributed by atoms with Gasteiger partial charge in [0, 0.05) is 6.04 Å². The molecule has 1 aliphatic carbocycles. The predicted octanol–water partition coefficient (Wildman–Crippen LogP) is 3.42. The topological polar surface area (TPSA) is 55.8 Å². The van der Waals surface area contributed by atoms with Crippen molar-refractivity contribution in [2.45, 2.75) is 59.1 Å². The third-order valence-electron chi connectivity index (χ3n) is 3.37. The lowest BCUT2D eigenvalue weighted by atomic mass is 10.1. The van der Waals surface area contributed by atoms with Crippen LogP contribution in [-0.2, 0) is 9.47 Å². The molecule has 110 valence electrons. The van der Waals surface area contributed by atoms with Crippen molar-refractivity contribution < 1.29 is 19.1 Å². The highest BCUT2D eigenvalue weighted by atomic mass is 16.6. The van der Waals surface area contributed by atoms with E-state index < -0.39 is 17.8 Å². The van der Waals surface area contributed by atoms with Crippen LogP contribution in [0.25, 0.3) is 0 Å². The lowest BCUT2D eigenvalue weighted by Crippen LogP contribution is -2.48. The fourth-order valence-corrected chi connectivity index (χ4v) is 2.65. The van der Waals surface area contributed by atoms with Gasteiger partial charge in [-0.25, -0.2) is 14.5 Å². The molecule has 2 amide bonds. The van der Waals surface area contributed by atoms with Crippen molar-refractivity contribution >= 4 is 12.2 Å². The Morgan fingerprint density at radius 2 is 1.68 bits per heavy atom. The number of hydrogen-bond donors (Lipinski definition) is 0. The second kappa shape index (κ2) is 5.80. The normalized spacial score (nSPS) is 26.9. The first-order chi connectivity index (χ1) is 8.65. The standard InChI is InChI=1S/C14H25NO4/c1-9-7-10(2)11(8-9)15(12(16)18-6)13(17)19-14(3,4)5/h9-11H,7-8H2,1-6H3/t9?,10-,11?/m0/s1. The van der Waals surface area contributed by atoms with Gasteiger partial charge in [-0.3, -0.25) is 0 Å². The van der Waals surface area contributed by atoms with Crippen molar-refractivity contribution in [3.63, 3.8) is 0 Å². The maximum atomic E-state index is 12.2. The van der Waals surface area contributed by atoms with Crippen molar-refractivity contribution in [3.8, 4) is 0 Å². The van der Waals surface area contributed by atoms with Crippen molar-refractivity contribution in [1.82, 2.24) is 4.90 Å². The van der Waals surface area contributed by atoms with Crippen LogP contribution < -0.4 is 0 Å². The zero-order valence-electron chi connectivity index (χ0n) is 12.7. The summed E-state index contributed by atoms with van der Waals surface area (Å²) in [4.78, 5) is 25.2. The van der Waals surface area contributed by atoms with E-state index in [1.807, 2.05) is 0 Å². The first kappa shape index (κ1) is 15.8. The summed E-state index contributed by atoms with van der Waals surface area (Å²) < 4.78 is 10.0. The molecule has 1 saturated carbocycles. The van der Waals surface area contributed by atoms with Crippen LogP contribution in [0.1, 0.15) is 47.5 Å². The lowest BCUT2D eigenvalue weighted by molar-refractivity contribution is 0.0131. The van der Waals surface area contributed by atoms with Crippen molar-refractivity contribution in [1.29, 1.82) is 0 Å². The third kappa shape index (κ3) is 4.11. The van der Waals surface area contributed by atoms with Crippen LogP contribution in [0, 0.1) is 11.8 Å². The van der Waals surface area contributed by atoms with Gasteiger partial charge in [0.25, 0.3) is 0 Å². The predicted molar refractivity (Wildman–Crippen MR) is 71.8 cm³/mol. The molecular weight excluding hydrogens is 246 g/mol. The number of hydrogen-bond acceptors (Lipinski definition) is 4. The Bertz CT molecular complexity index is 348. The number of carbonyl (C=O) groups is 2. The number of imide groups is 1. The van der Waals surface area contributed by atoms with E-state index in [1.54, 1.807) is 20.8 Å². The Balaban J connectivity index is 2.89. The summed E-state index contributed by atoms with van der Waals surface area (Å²) in [7, 11) is 1.28. The molecule has 0 bridgehead atoms. The summed E-state index contributed by atoms with van der Waals surface area (Å²) in [6.45, 7) is 9.51. The van der Waals surface area contributed by atoms with E-state index in [2.05, 4.69) is 13.8 Å². The second-order valence-electron chi connectivity index (χ2n) is 6.44. The van der Waals surface area contributed by atoms with Crippen LogP contribution in [0.2, 0.25) is 0 Å². The SMILES string of the molecule is COC(=O)N(C(=O)OC(C)(C)C)C1CC(C)C[C@@H]1C. The van der Waals surface area contributed by atoms with E-state index in [4.69, 9.17) is 9.47 Å². The minimum absolute atomic E-state index is 0.141. The monoisotopic (exact) mass is 271 g/mol. The maximum absolute atomic E-state index is 12.2. The summed E-state index contributed by atoms with van der Waals surface area (Å²) in [6.07, 6.45) is 0.543. The molecule has 0 aromatic carbocycles. The maximum Gasteiger partial charge on any atom is 0.420 e. The highest BCUT2D eigenvalue weighted by Crippen LogP contribution is 2.35. The van der Waals surface area contributed by atoms with E-state index in [9.17, 15) is 9.59 Å². The van der Waals surface area contributed by atoms with Crippen LogP contribution in [0.5, 0.6) is 0 Å². The van der Waals surface area contributed by atoms with Crippen LogP contribution in [0.15, 0.2) is 0 Å². The summed E-state index contributed by atoms with van der Waals surface area (Å²) >= 11 is 0. The Labute approximate surface area is 115 Å². The minimum Gasteiger partial charge on any atom is -0.452 e. The number of methoxy groups -OCH3 is 1. The van der Waals surface area contributed by atoms with Gasteiger partial charge in [-0.15, -0.1) is 0 Å². The van der Waals surface area contributed by atoms with Gasteiger partial charge in [0.1, 0.15) is 5.60 Å². The smallest absolute Gasteiger partial charge is 0.420 e. The largest absolute Gasteiger partial charge is 0.452 e. The molecule has 5 heteroatoms. The lowest BCUT2D eigenvalue weighted by Gasteiger charge is -2.31. The van der Waals surface area contributed by atoms with Gasteiger partial charge in [0.2, 0.25) is 0 Å². The molecule has 0 saturated heterocycles. The molecule has 3 atom stereocenters. The van der Waals surface area contributed by atoms with E-state index in [0.717, 1.165) is 17.7 Å². The van der Waals surface area contributed by atoms with Gasteiger partial charge in [0.05, 0.1) is 7.11 Å². The second-order valence-corrected chi connectivity index (χ2v) is 6.44. The van der Waals surface area contributed by atoms with Crippen molar-refractivity contribution in [3.05, 3.63) is 0 Å². The van der Waals surface area contributed by atoms with Crippen molar-refractivity contribution in [2.75, 3.05) is 7.11 Å². The molecule has 1 rings (SSSR count). The zero-order valence-corrected chi connectivity index (χ0v) is 12.7. The van der Waals surface area contributed by atoms with Gasteiger partial charge >= 0.3 is 12.2 Å². The molecule has 0 aromatic rings. The molecule has 0 spiro atoms. The van der Waals surface area contributed by atoms with E-state index in [-0.39, 0.29) is 12.0 Å². The Morgan fingerprint density at radius 3 is 2.05 bits per heavy atom. The molecule has 0 heterocycles.